The fraction of sp³-hybridized carbons (Fsp3) is 0.154. The zero-order valence-corrected chi connectivity index (χ0v) is 10.9. The van der Waals surface area contributed by atoms with Gasteiger partial charge in [0, 0.05) is 17.7 Å². The Kier molecular flexibility index (Phi) is 4.07. The molecule has 0 saturated heterocycles. The Labute approximate surface area is 118 Å². The Morgan fingerprint density at radius 2 is 2.00 bits per heavy atom. The second kappa shape index (κ2) is 5.95. The molecule has 0 aliphatic rings. The first-order chi connectivity index (χ1) is 10.0. The summed E-state index contributed by atoms with van der Waals surface area (Å²) in [5.41, 5.74) is -0.237. The zero-order valence-electron chi connectivity index (χ0n) is 10.9. The van der Waals surface area contributed by atoms with Crippen molar-refractivity contribution in [3.05, 3.63) is 57.5 Å². The Morgan fingerprint density at radius 1 is 1.33 bits per heavy atom. The van der Waals surface area contributed by atoms with Gasteiger partial charge in [-0.15, -0.1) is 0 Å². The molecule has 0 N–H and O–H groups in total. The molecule has 0 radical (unpaired) electrons. The van der Waals surface area contributed by atoms with Crippen molar-refractivity contribution in [3.63, 3.8) is 0 Å². The molecule has 0 bridgehead atoms. The van der Waals surface area contributed by atoms with Crippen molar-refractivity contribution in [1.29, 1.82) is 0 Å². The number of nitrogens with zero attached hydrogens (tertiary/aromatic N) is 2. The van der Waals surface area contributed by atoms with Crippen LogP contribution in [0.5, 0.6) is 0 Å². The van der Waals surface area contributed by atoms with Crippen LogP contribution in [-0.2, 0) is 4.74 Å². The van der Waals surface area contributed by atoms with Crippen LogP contribution in [-0.4, -0.2) is 28.4 Å². The maximum atomic E-state index is 12.2. The molecule has 0 aliphatic carbocycles. The van der Waals surface area contributed by atoms with Gasteiger partial charge in [0.25, 0.3) is 5.69 Å². The lowest BCUT2D eigenvalue weighted by atomic mass is 10.0. The van der Waals surface area contributed by atoms with Crippen LogP contribution >= 0.6 is 0 Å². The highest BCUT2D eigenvalue weighted by atomic mass is 16.6. The number of benzene rings is 1. The Hall–Kier alpha value is -3.03. The molecule has 0 amide bonds. The van der Waals surface area contributed by atoms with E-state index in [1.807, 2.05) is 0 Å². The number of esters is 1. The molecule has 1 aromatic heterocycles. The van der Waals surface area contributed by atoms with Gasteiger partial charge in [-0.1, -0.05) is 5.16 Å². The van der Waals surface area contributed by atoms with Gasteiger partial charge in [-0.25, -0.2) is 4.79 Å². The molecule has 8 heteroatoms. The fourth-order valence-electron chi connectivity index (χ4n) is 1.63. The predicted molar refractivity (Wildman–Crippen MR) is 69.0 cm³/mol. The van der Waals surface area contributed by atoms with Crippen LogP contribution in [0.4, 0.5) is 5.69 Å². The molecule has 2 aromatic rings. The van der Waals surface area contributed by atoms with E-state index in [-0.39, 0.29) is 29.1 Å². The topological polar surface area (TPSA) is 113 Å². The molecule has 21 heavy (non-hydrogen) atoms. The summed E-state index contributed by atoms with van der Waals surface area (Å²) in [6.45, 7) is 1.76. The van der Waals surface area contributed by atoms with E-state index in [1.165, 1.54) is 24.3 Å². The number of hydrogen-bond donors (Lipinski definition) is 0. The lowest BCUT2D eigenvalue weighted by molar-refractivity contribution is -0.384. The number of non-ortho nitro benzene ring substituents is 1. The molecule has 8 nitrogen and oxygen atoms in total. The molecule has 0 spiro atoms. The Balaban J connectivity index is 2.30. The summed E-state index contributed by atoms with van der Waals surface area (Å²) in [7, 11) is 0. The Bertz CT molecular complexity index is 689. The SMILES string of the molecule is CCOC(=O)c1nocc1C(=O)c1ccc([N+](=O)[O-])cc1. The van der Waals surface area contributed by atoms with E-state index in [9.17, 15) is 19.7 Å². The highest BCUT2D eigenvalue weighted by Gasteiger charge is 2.24. The minimum atomic E-state index is -0.767. The van der Waals surface area contributed by atoms with Crippen LogP contribution in [0.25, 0.3) is 0 Å². The molecular weight excluding hydrogens is 280 g/mol. The van der Waals surface area contributed by atoms with Crippen molar-refractivity contribution in [2.45, 2.75) is 6.92 Å². The van der Waals surface area contributed by atoms with E-state index >= 15 is 0 Å². The van der Waals surface area contributed by atoms with Crippen LogP contribution in [0.3, 0.4) is 0 Å². The van der Waals surface area contributed by atoms with E-state index in [1.54, 1.807) is 6.92 Å². The number of carbonyl (C=O) groups excluding carboxylic acids is 2. The van der Waals surface area contributed by atoms with Crippen LogP contribution in [0.2, 0.25) is 0 Å². The number of ketones is 1. The summed E-state index contributed by atoms with van der Waals surface area (Å²) < 4.78 is 9.40. The summed E-state index contributed by atoms with van der Waals surface area (Å²) in [6.07, 6.45) is 1.04. The largest absolute Gasteiger partial charge is 0.461 e. The molecule has 1 aromatic carbocycles. The van der Waals surface area contributed by atoms with Gasteiger partial charge in [0.2, 0.25) is 5.69 Å². The Morgan fingerprint density at radius 3 is 2.57 bits per heavy atom. The average molecular weight is 290 g/mol. The first kappa shape index (κ1) is 14.4. The molecule has 108 valence electrons. The lowest BCUT2D eigenvalue weighted by Gasteiger charge is -2.01. The van der Waals surface area contributed by atoms with E-state index in [0.717, 1.165) is 6.26 Å². The van der Waals surface area contributed by atoms with Gasteiger partial charge in [0.1, 0.15) is 6.26 Å². The minimum Gasteiger partial charge on any atom is -0.461 e. The number of ether oxygens (including phenoxy) is 1. The first-order valence-electron chi connectivity index (χ1n) is 5.95. The standard InChI is InChI=1S/C13H10N2O6/c1-2-20-13(17)11-10(7-21-14-11)12(16)8-3-5-9(6-4-8)15(18)19/h3-7H,2H2,1H3. The summed E-state index contributed by atoms with van der Waals surface area (Å²) in [5, 5.41) is 14.0. The fourth-order valence-corrected chi connectivity index (χ4v) is 1.63. The third-order valence-corrected chi connectivity index (χ3v) is 2.62. The van der Waals surface area contributed by atoms with E-state index in [2.05, 4.69) is 9.68 Å². The second-order valence-corrected chi connectivity index (χ2v) is 3.93. The van der Waals surface area contributed by atoms with Crippen molar-refractivity contribution in [2.24, 2.45) is 0 Å². The van der Waals surface area contributed by atoms with E-state index < -0.39 is 16.7 Å². The minimum absolute atomic E-state index is 0.0534. The second-order valence-electron chi connectivity index (χ2n) is 3.93. The number of nitro benzene ring substituents is 1. The van der Waals surface area contributed by atoms with Gasteiger partial charge in [0.05, 0.1) is 17.1 Å². The normalized spacial score (nSPS) is 10.1. The number of aromatic nitrogens is 1. The number of rotatable bonds is 5. The van der Waals surface area contributed by atoms with Gasteiger partial charge in [0.15, 0.2) is 5.78 Å². The van der Waals surface area contributed by atoms with Gasteiger partial charge < -0.3 is 9.26 Å². The van der Waals surface area contributed by atoms with Crippen molar-refractivity contribution in [3.8, 4) is 0 Å². The van der Waals surface area contributed by atoms with Crippen molar-refractivity contribution in [1.82, 2.24) is 5.16 Å². The van der Waals surface area contributed by atoms with Crippen LogP contribution in [0.15, 0.2) is 35.1 Å². The molecule has 0 atom stereocenters. The number of carbonyl (C=O) groups is 2. The van der Waals surface area contributed by atoms with E-state index in [4.69, 9.17) is 4.74 Å². The van der Waals surface area contributed by atoms with Crippen LogP contribution < -0.4 is 0 Å². The summed E-state index contributed by atoms with van der Waals surface area (Å²) in [6, 6.07) is 4.99. The summed E-state index contributed by atoms with van der Waals surface area (Å²) in [4.78, 5) is 33.8. The smallest absolute Gasteiger partial charge is 0.361 e. The van der Waals surface area contributed by atoms with Gasteiger partial charge in [-0.3, -0.25) is 14.9 Å². The van der Waals surface area contributed by atoms with Crippen molar-refractivity contribution in [2.75, 3.05) is 6.61 Å². The highest BCUT2D eigenvalue weighted by Crippen LogP contribution is 2.17. The summed E-state index contributed by atoms with van der Waals surface area (Å²) >= 11 is 0. The summed E-state index contributed by atoms with van der Waals surface area (Å²) in [5.74, 6) is -1.30. The van der Waals surface area contributed by atoms with Gasteiger partial charge in [-0.2, -0.15) is 0 Å². The quantitative estimate of drug-likeness (QED) is 0.358. The van der Waals surface area contributed by atoms with E-state index in [0.29, 0.717) is 0 Å². The lowest BCUT2D eigenvalue weighted by Crippen LogP contribution is -2.11. The van der Waals surface area contributed by atoms with Crippen LogP contribution in [0, 0.1) is 10.1 Å². The first-order valence-corrected chi connectivity index (χ1v) is 5.95. The molecule has 2 rings (SSSR count). The number of nitro groups is 1. The molecule has 1 heterocycles. The maximum Gasteiger partial charge on any atom is 0.361 e. The van der Waals surface area contributed by atoms with Gasteiger partial charge in [-0.05, 0) is 19.1 Å². The molecular formula is C13H10N2O6. The van der Waals surface area contributed by atoms with Crippen molar-refractivity contribution < 1.29 is 23.8 Å². The molecule has 0 saturated carbocycles. The average Bonchev–Trinajstić information content (AvgIpc) is 2.96. The zero-order chi connectivity index (χ0) is 15.4. The van der Waals surface area contributed by atoms with Crippen molar-refractivity contribution >= 4 is 17.4 Å². The molecule has 0 unspecified atom stereocenters. The maximum absolute atomic E-state index is 12.2. The third-order valence-electron chi connectivity index (χ3n) is 2.62. The van der Waals surface area contributed by atoms with Gasteiger partial charge >= 0.3 is 5.97 Å². The highest BCUT2D eigenvalue weighted by molar-refractivity contribution is 6.13. The predicted octanol–water partition coefficient (Wildman–Crippen LogP) is 1.99. The molecule has 0 fully saturated rings. The van der Waals surface area contributed by atoms with Crippen LogP contribution in [0.1, 0.15) is 33.3 Å². The number of hydrogen-bond acceptors (Lipinski definition) is 7. The third kappa shape index (κ3) is 2.94. The monoisotopic (exact) mass is 290 g/mol. The molecule has 0 aliphatic heterocycles.